The molecule has 1 aromatic heterocycles. The van der Waals surface area contributed by atoms with Gasteiger partial charge in [0.15, 0.2) is 0 Å². The lowest BCUT2D eigenvalue weighted by atomic mass is 9.80. The van der Waals surface area contributed by atoms with Crippen LogP contribution in [0.25, 0.3) is 0 Å². The lowest BCUT2D eigenvalue weighted by Gasteiger charge is -2.35. The molecule has 0 amide bonds. The molecule has 230 valence electrons. The van der Waals surface area contributed by atoms with Crippen molar-refractivity contribution in [1.82, 2.24) is 20.0 Å². The maximum atomic E-state index is 13.4. The Hall–Kier alpha value is -3.03. The van der Waals surface area contributed by atoms with Crippen molar-refractivity contribution in [2.24, 2.45) is 11.8 Å². The SMILES string of the molecule is CCn1nc(Cc2ccc(F)cc2)cc1C1CCN(C[C@H]2CC(NC(CC3CCC3)C(=O)O)C[C@@H]2c2ccccc2)CC1. The molecule has 0 spiro atoms. The second kappa shape index (κ2) is 13.7. The van der Waals surface area contributed by atoms with Gasteiger partial charge in [-0.1, -0.05) is 61.7 Å². The zero-order valence-electron chi connectivity index (χ0n) is 25.5. The van der Waals surface area contributed by atoms with Gasteiger partial charge < -0.3 is 15.3 Å². The van der Waals surface area contributed by atoms with Gasteiger partial charge in [0.2, 0.25) is 0 Å². The number of halogens is 1. The van der Waals surface area contributed by atoms with Gasteiger partial charge in [0.25, 0.3) is 0 Å². The summed E-state index contributed by atoms with van der Waals surface area (Å²) in [4.78, 5) is 14.8. The molecule has 2 heterocycles. The number of nitrogens with zero attached hydrogens (tertiary/aromatic N) is 3. The summed E-state index contributed by atoms with van der Waals surface area (Å²) < 4.78 is 15.5. The summed E-state index contributed by atoms with van der Waals surface area (Å²) in [6, 6.07) is 19.7. The van der Waals surface area contributed by atoms with Crippen molar-refractivity contribution < 1.29 is 14.3 Å². The van der Waals surface area contributed by atoms with E-state index < -0.39 is 12.0 Å². The van der Waals surface area contributed by atoms with Crippen LogP contribution in [0.4, 0.5) is 4.39 Å². The van der Waals surface area contributed by atoms with E-state index in [1.165, 1.54) is 42.7 Å². The van der Waals surface area contributed by atoms with Crippen LogP contribution < -0.4 is 5.32 Å². The highest BCUT2D eigenvalue weighted by molar-refractivity contribution is 5.73. The number of hydrogen-bond donors (Lipinski definition) is 2. The lowest BCUT2D eigenvalue weighted by Crippen LogP contribution is -2.44. The highest BCUT2D eigenvalue weighted by atomic mass is 19.1. The summed E-state index contributed by atoms with van der Waals surface area (Å²) in [6.45, 7) is 6.22. The van der Waals surface area contributed by atoms with E-state index in [9.17, 15) is 14.3 Å². The quantitative estimate of drug-likeness (QED) is 0.250. The minimum Gasteiger partial charge on any atom is -0.480 e. The summed E-state index contributed by atoms with van der Waals surface area (Å²) in [5.41, 5.74) is 4.85. The highest BCUT2D eigenvalue weighted by Gasteiger charge is 2.39. The molecule has 2 N–H and O–H groups in total. The van der Waals surface area contributed by atoms with Crippen LogP contribution in [0.3, 0.4) is 0 Å². The molecule has 3 aromatic rings. The van der Waals surface area contributed by atoms with Crippen molar-refractivity contribution in [3.05, 3.63) is 89.0 Å². The average molecular weight is 587 g/mol. The molecule has 6 nitrogen and oxygen atoms in total. The minimum atomic E-state index is -0.694. The monoisotopic (exact) mass is 586 g/mol. The Morgan fingerprint density at radius 2 is 1.79 bits per heavy atom. The number of benzene rings is 2. The van der Waals surface area contributed by atoms with Gasteiger partial charge in [-0.3, -0.25) is 9.48 Å². The van der Waals surface area contributed by atoms with Gasteiger partial charge in [-0.2, -0.15) is 5.10 Å². The molecule has 4 atom stereocenters. The molecule has 7 heteroatoms. The Labute approximate surface area is 255 Å². The van der Waals surface area contributed by atoms with Crippen LogP contribution in [-0.2, 0) is 17.8 Å². The Morgan fingerprint density at radius 1 is 1.05 bits per heavy atom. The van der Waals surface area contributed by atoms with Gasteiger partial charge in [0.05, 0.1) is 5.69 Å². The number of carboxylic acids is 1. The minimum absolute atomic E-state index is 0.205. The molecule has 43 heavy (non-hydrogen) atoms. The number of carboxylic acid groups (broad SMARTS) is 1. The van der Waals surface area contributed by atoms with E-state index in [2.05, 4.69) is 58.2 Å². The molecular weight excluding hydrogens is 539 g/mol. The zero-order valence-corrected chi connectivity index (χ0v) is 25.5. The zero-order chi connectivity index (χ0) is 29.8. The van der Waals surface area contributed by atoms with Crippen molar-refractivity contribution in [2.75, 3.05) is 19.6 Å². The van der Waals surface area contributed by atoms with E-state index in [4.69, 9.17) is 5.10 Å². The van der Waals surface area contributed by atoms with Crippen molar-refractivity contribution in [1.29, 1.82) is 0 Å². The smallest absolute Gasteiger partial charge is 0.320 e. The van der Waals surface area contributed by atoms with Crippen LogP contribution in [0, 0.1) is 17.7 Å². The molecule has 0 radical (unpaired) electrons. The van der Waals surface area contributed by atoms with Crippen molar-refractivity contribution in [2.45, 2.75) is 95.2 Å². The summed E-state index contributed by atoms with van der Waals surface area (Å²) >= 11 is 0. The number of hydrogen-bond acceptors (Lipinski definition) is 4. The summed E-state index contributed by atoms with van der Waals surface area (Å²) in [5, 5.41) is 18.5. The first-order chi connectivity index (χ1) is 20.9. The van der Waals surface area contributed by atoms with Crippen LogP contribution in [0.2, 0.25) is 0 Å². The highest BCUT2D eigenvalue weighted by Crippen LogP contribution is 2.42. The summed E-state index contributed by atoms with van der Waals surface area (Å²) in [6.07, 6.45) is 9.36. The van der Waals surface area contributed by atoms with Crippen molar-refractivity contribution in [3.8, 4) is 0 Å². The van der Waals surface area contributed by atoms with Gasteiger partial charge in [-0.25, -0.2) is 4.39 Å². The second-order valence-electron chi connectivity index (χ2n) is 13.3. The number of aliphatic carboxylic acids is 1. The van der Waals surface area contributed by atoms with E-state index in [1.54, 1.807) is 0 Å². The Morgan fingerprint density at radius 3 is 2.44 bits per heavy atom. The molecule has 1 aliphatic heterocycles. The van der Waals surface area contributed by atoms with Crippen LogP contribution in [0.15, 0.2) is 60.7 Å². The lowest BCUT2D eigenvalue weighted by molar-refractivity contribution is -0.140. The standard InChI is InChI=1S/C36H47FN4O2/c1-2-41-35(23-32(39-41)19-26-11-13-30(37)14-12-26)28-15-17-40(18-16-28)24-29-21-31(22-33(29)27-9-4-3-5-10-27)38-34(36(42)43)20-25-7-6-8-25/h3-5,9-14,23,25,28-29,31,33-34,38H,2,6-8,15-22,24H2,1H3,(H,42,43)/t29-,31?,33-,34?/m1/s1. The second-order valence-corrected chi connectivity index (χ2v) is 13.3. The molecule has 2 saturated carbocycles. The molecule has 3 aliphatic rings. The van der Waals surface area contributed by atoms with Gasteiger partial charge in [-0.05, 0) is 99.2 Å². The van der Waals surface area contributed by atoms with Crippen LogP contribution in [0.5, 0.6) is 0 Å². The van der Waals surface area contributed by atoms with Gasteiger partial charge >= 0.3 is 5.97 Å². The molecular formula is C36H47FN4O2. The predicted octanol–water partition coefficient (Wildman–Crippen LogP) is 6.61. The molecule has 0 bridgehead atoms. The summed E-state index contributed by atoms with van der Waals surface area (Å²) in [7, 11) is 0. The van der Waals surface area contributed by atoms with Crippen LogP contribution in [0.1, 0.15) is 92.6 Å². The normalized spacial score (nSPS) is 24.2. The number of aromatic nitrogens is 2. The van der Waals surface area contributed by atoms with E-state index in [0.29, 0.717) is 23.7 Å². The predicted molar refractivity (Wildman–Crippen MR) is 168 cm³/mol. The first-order valence-corrected chi connectivity index (χ1v) is 16.5. The van der Waals surface area contributed by atoms with Crippen molar-refractivity contribution >= 4 is 5.97 Å². The van der Waals surface area contributed by atoms with Crippen LogP contribution in [-0.4, -0.2) is 57.5 Å². The number of piperidine rings is 1. The maximum Gasteiger partial charge on any atom is 0.320 e. The molecule has 2 aliphatic carbocycles. The van der Waals surface area contributed by atoms with E-state index in [0.717, 1.165) is 76.0 Å². The fraction of sp³-hybridized carbons (Fsp3) is 0.556. The number of aryl methyl sites for hydroxylation is 1. The average Bonchev–Trinajstić information content (AvgIpc) is 3.59. The Kier molecular flexibility index (Phi) is 9.58. The topological polar surface area (TPSA) is 70.4 Å². The van der Waals surface area contributed by atoms with Gasteiger partial charge in [0.1, 0.15) is 11.9 Å². The Balaban J connectivity index is 1.08. The van der Waals surface area contributed by atoms with Gasteiger partial charge in [-0.15, -0.1) is 0 Å². The van der Waals surface area contributed by atoms with E-state index in [-0.39, 0.29) is 11.9 Å². The number of likely N-dealkylation sites (tertiary alicyclic amines) is 1. The number of rotatable bonds is 12. The fourth-order valence-electron chi connectivity index (χ4n) is 7.87. The molecule has 1 saturated heterocycles. The molecule has 2 unspecified atom stereocenters. The third-order valence-corrected chi connectivity index (χ3v) is 10.4. The van der Waals surface area contributed by atoms with Crippen molar-refractivity contribution in [3.63, 3.8) is 0 Å². The van der Waals surface area contributed by atoms with Gasteiger partial charge in [0, 0.05) is 37.2 Å². The van der Waals surface area contributed by atoms with E-state index in [1.807, 2.05) is 12.1 Å². The number of nitrogens with one attached hydrogen (secondary N) is 1. The third kappa shape index (κ3) is 7.38. The van der Waals surface area contributed by atoms with Crippen LogP contribution >= 0.6 is 0 Å². The third-order valence-electron chi connectivity index (χ3n) is 10.4. The Bertz CT molecular complexity index is 1330. The molecule has 3 fully saturated rings. The first-order valence-electron chi connectivity index (χ1n) is 16.5. The molecule has 2 aromatic carbocycles. The fourth-order valence-corrected chi connectivity index (χ4v) is 7.87. The number of carbonyl (C=O) groups is 1. The largest absolute Gasteiger partial charge is 0.480 e. The first kappa shape index (κ1) is 30.0. The maximum absolute atomic E-state index is 13.4. The summed E-state index contributed by atoms with van der Waals surface area (Å²) in [5.74, 6) is 1.13. The van der Waals surface area contributed by atoms with E-state index >= 15 is 0 Å². The molecule has 6 rings (SSSR count).